The number of nitrogens with two attached hydrogens (primary N) is 1. The smallest absolute Gasteiger partial charge is 0.137 e. The van der Waals surface area contributed by atoms with Crippen LogP contribution in [-0.4, -0.2) is 11.5 Å². The molecule has 3 nitrogen and oxygen atoms in total. The molecule has 0 bridgehead atoms. The summed E-state index contributed by atoms with van der Waals surface area (Å²) in [6.07, 6.45) is 3.37. The molecule has 0 saturated carbocycles. The first-order chi connectivity index (χ1) is 8.31. The molecule has 2 aromatic rings. The van der Waals surface area contributed by atoms with E-state index in [-0.39, 0.29) is 6.10 Å². The van der Waals surface area contributed by atoms with E-state index >= 15 is 0 Å². The number of rotatable bonds is 4. The summed E-state index contributed by atoms with van der Waals surface area (Å²) in [5, 5.41) is 0. The summed E-state index contributed by atoms with van der Waals surface area (Å²) in [5.74, 6) is 0.854. The SMILES string of the molecule is NCC(Oc1ccccc1I)c1cccnc1. The Balaban J connectivity index is 2.19. The van der Waals surface area contributed by atoms with E-state index in [1.807, 2.05) is 36.4 Å². The summed E-state index contributed by atoms with van der Waals surface area (Å²) < 4.78 is 6.98. The molecular formula is C13H13IN2O. The molecule has 0 radical (unpaired) electrons. The van der Waals surface area contributed by atoms with Gasteiger partial charge in [0.2, 0.25) is 0 Å². The number of pyridine rings is 1. The molecule has 1 heterocycles. The van der Waals surface area contributed by atoms with Gasteiger partial charge in [0.25, 0.3) is 0 Å². The van der Waals surface area contributed by atoms with Crippen LogP contribution in [0.1, 0.15) is 11.7 Å². The van der Waals surface area contributed by atoms with E-state index in [9.17, 15) is 0 Å². The van der Waals surface area contributed by atoms with Crippen LogP contribution in [0.2, 0.25) is 0 Å². The Morgan fingerprint density at radius 1 is 1.24 bits per heavy atom. The molecule has 0 amide bonds. The maximum atomic E-state index is 5.91. The minimum absolute atomic E-state index is 0.153. The van der Waals surface area contributed by atoms with Crippen LogP contribution in [0.3, 0.4) is 0 Å². The number of hydrogen-bond donors (Lipinski definition) is 1. The molecule has 1 unspecified atom stereocenters. The third-order valence-corrected chi connectivity index (χ3v) is 3.27. The summed E-state index contributed by atoms with van der Waals surface area (Å²) >= 11 is 2.25. The van der Waals surface area contributed by atoms with Crippen molar-refractivity contribution in [2.24, 2.45) is 5.73 Å². The van der Waals surface area contributed by atoms with Gasteiger partial charge in [-0.15, -0.1) is 0 Å². The van der Waals surface area contributed by atoms with Gasteiger partial charge in [-0.2, -0.15) is 0 Å². The van der Waals surface area contributed by atoms with Gasteiger partial charge in [0.1, 0.15) is 11.9 Å². The molecule has 4 heteroatoms. The molecule has 0 aliphatic heterocycles. The van der Waals surface area contributed by atoms with Gasteiger partial charge < -0.3 is 10.5 Å². The molecule has 1 atom stereocenters. The zero-order valence-corrected chi connectivity index (χ0v) is 11.4. The number of benzene rings is 1. The summed E-state index contributed by atoms with van der Waals surface area (Å²) in [5.41, 5.74) is 6.74. The van der Waals surface area contributed by atoms with E-state index < -0.39 is 0 Å². The number of ether oxygens (including phenoxy) is 1. The Morgan fingerprint density at radius 2 is 2.06 bits per heavy atom. The molecule has 1 aromatic carbocycles. The first-order valence-electron chi connectivity index (χ1n) is 5.32. The fourth-order valence-corrected chi connectivity index (χ4v) is 2.03. The largest absolute Gasteiger partial charge is 0.483 e. The van der Waals surface area contributed by atoms with Crippen molar-refractivity contribution >= 4 is 22.6 Å². The van der Waals surface area contributed by atoms with Crippen molar-refractivity contribution in [2.75, 3.05) is 6.54 Å². The van der Waals surface area contributed by atoms with Crippen molar-refractivity contribution in [3.05, 3.63) is 57.9 Å². The van der Waals surface area contributed by atoms with E-state index in [4.69, 9.17) is 10.5 Å². The molecule has 0 saturated heterocycles. The molecular weight excluding hydrogens is 327 g/mol. The monoisotopic (exact) mass is 340 g/mol. The highest BCUT2D eigenvalue weighted by Crippen LogP contribution is 2.25. The summed E-state index contributed by atoms with van der Waals surface area (Å²) in [4.78, 5) is 4.08. The molecule has 1 aromatic heterocycles. The second kappa shape index (κ2) is 5.97. The van der Waals surface area contributed by atoms with Gasteiger partial charge in [-0.05, 0) is 40.8 Å². The normalized spacial score (nSPS) is 12.1. The molecule has 2 N–H and O–H groups in total. The summed E-state index contributed by atoms with van der Waals surface area (Å²) in [7, 11) is 0. The highest BCUT2D eigenvalue weighted by Gasteiger charge is 2.12. The molecule has 2 rings (SSSR count). The highest BCUT2D eigenvalue weighted by molar-refractivity contribution is 14.1. The van der Waals surface area contributed by atoms with Crippen molar-refractivity contribution < 1.29 is 4.74 Å². The molecule has 17 heavy (non-hydrogen) atoms. The van der Waals surface area contributed by atoms with E-state index in [1.165, 1.54) is 0 Å². The van der Waals surface area contributed by atoms with E-state index in [0.717, 1.165) is 14.9 Å². The topological polar surface area (TPSA) is 48.1 Å². The number of nitrogens with zero attached hydrogens (tertiary/aromatic N) is 1. The lowest BCUT2D eigenvalue weighted by molar-refractivity contribution is 0.212. The predicted molar refractivity (Wildman–Crippen MR) is 75.8 cm³/mol. The molecule has 0 aliphatic rings. The van der Waals surface area contributed by atoms with Crippen LogP contribution in [0.15, 0.2) is 48.8 Å². The Kier molecular flexibility index (Phi) is 4.33. The number of halogens is 1. The first-order valence-corrected chi connectivity index (χ1v) is 6.40. The summed E-state index contributed by atoms with van der Waals surface area (Å²) in [6.45, 7) is 0.427. The molecule has 0 fully saturated rings. The van der Waals surface area contributed by atoms with E-state index in [2.05, 4.69) is 27.6 Å². The van der Waals surface area contributed by atoms with Crippen molar-refractivity contribution in [3.63, 3.8) is 0 Å². The van der Waals surface area contributed by atoms with Crippen LogP contribution in [-0.2, 0) is 0 Å². The first kappa shape index (κ1) is 12.3. The molecule has 88 valence electrons. The lowest BCUT2D eigenvalue weighted by Crippen LogP contribution is -2.18. The summed E-state index contributed by atoms with van der Waals surface area (Å²) in [6, 6.07) is 11.7. The maximum absolute atomic E-state index is 5.91. The lowest BCUT2D eigenvalue weighted by atomic mass is 10.1. The van der Waals surface area contributed by atoms with Crippen LogP contribution in [0.4, 0.5) is 0 Å². The minimum Gasteiger partial charge on any atom is -0.483 e. The standard InChI is InChI=1S/C13H13IN2O/c14-11-5-1-2-6-12(11)17-13(8-15)10-4-3-7-16-9-10/h1-7,9,13H,8,15H2. The Bertz CT molecular complexity index is 476. The van der Waals surface area contributed by atoms with Crippen molar-refractivity contribution in [3.8, 4) is 5.75 Å². The quantitative estimate of drug-likeness (QED) is 0.871. The second-order valence-corrected chi connectivity index (χ2v) is 4.72. The van der Waals surface area contributed by atoms with Crippen molar-refractivity contribution in [1.29, 1.82) is 0 Å². The zero-order chi connectivity index (χ0) is 12.1. The van der Waals surface area contributed by atoms with Gasteiger partial charge in [-0.1, -0.05) is 18.2 Å². The third kappa shape index (κ3) is 3.17. The third-order valence-electron chi connectivity index (χ3n) is 2.38. The van der Waals surface area contributed by atoms with Crippen LogP contribution >= 0.6 is 22.6 Å². The maximum Gasteiger partial charge on any atom is 0.137 e. The van der Waals surface area contributed by atoms with Gasteiger partial charge in [-0.25, -0.2) is 0 Å². The fraction of sp³-hybridized carbons (Fsp3) is 0.154. The van der Waals surface area contributed by atoms with Gasteiger partial charge in [-0.3, -0.25) is 4.98 Å². The Labute approximate surface area is 114 Å². The van der Waals surface area contributed by atoms with Gasteiger partial charge in [0, 0.05) is 24.5 Å². The average molecular weight is 340 g/mol. The van der Waals surface area contributed by atoms with E-state index in [0.29, 0.717) is 6.54 Å². The average Bonchev–Trinajstić information content (AvgIpc) is 2.39. The second-order valence-electron chi connectivity index (χ2n) is 3.56. The Morgan fingerprint density at radius 3 is 2.71 bits per heavy atom. The van der Waals surface area contributed by atoms with Crippen molar-refractivity contribution in [1.82, 2.24) is 4.98 Å². The molecule has 0 spiro atoms. The molecule has 0 aliphatic carbocycles. The van der Waals surface area contributed by atoms with E-state index in [1.54, 1.807) is 12.4 Å². The number of para-hydroxylation sites is 1. The van der Waals surface area contributed by atoms with Gasteiger partial charge >= 0.3 is 0 Å². The van der Waals surface area contributed by atoms with Crippen LogP contribution < -0.4 is 10.5 Å². The highest BCUT2D eigenvalue weighted by atomic mass is 127. The van der Waals surface area contributed by atoms with Gasteiger partial charge in [0.15, 0.2) is 0 Å². The number of aromatic nitrogens is 1. The van der Waals surface area contributed by atoms with Crippen LogP contribution in [0.25, 0.3) is 0 Å². The zero-order valence-electron chi connectivity index (χ0n) is 9.21. The van der Waals surface area contributed by atoms with Gasteiger partial charge in [0.05, 0.1) is 3.57 Å². The number of hydrogen-bond acceptors (Lipinski definition) is 3. The predicted octanol–water partition coefficient (Wildman–Crippen LogP) is 2.77. The lowest BCUT2D eigenvalue weighted by Gasteiger charge is -2.18. The van der Waals surface area contributed by atoms with Crippen LogP contribution in [0.5, 0.6) is 5.75 Å². The Hall–Kier alpha value is -1.14. The van der Waals surface area contributed by atoms with Crippen molar-refractivity contribution in [2.45, 2.75) is 6.10 Å². The minimum atomic E-state index is -0.153. The fourth-order valence-electron chi connectivity index (χ4n) is 1.51. The van der Waals surface area contributed by atoms with Crippen LogP contribution in [0, 0.1) is 3.57 Å².